The Morgan fingerprint density at radius 2 is 1.93 bits per heavy atom. The van der Waals surface area contributed by atoms with Gasteiger partial charge in [0.15, 0.2) is 17.2 Å². The van der Waals surface area contributed by atoms with Gasteiger partial charge < -0.3 is 15.8 Å². The number of para-hydroxylation sites is 1. The van der Waals surface area contributed by atoms with Crippen molar-refractivity contribution in [1.29, 1.82) is 0 Å². The van der Waals surface area contributed by atoms with Crippen LogP contribution in [0, 0.1) is 6.92 Å². The van der Waals surface area contributed by atoms with Gasteiger partial charge in [-0.25, -0.2) is 19.3 Å². The number of aromatic hydroxyl groups is 1. The number of aryl methyl sites for hydroxylation is 1. The fourth-order valence-electron chi connectivity index (χ4n) is 2.95. The van der Waals surface area contributed by atoms with Crippen LogP contribution in [-0.4, -0.2) is 30.5 Å². The number of H-pyrrole nitrogens is 1. The number of carbonyl (C=O) groups is 1. The summed E-state index contributed by atoms with van der Waals surface area (Å²) in [5.41, 5.74) is 7.09. The first kappa shape index (κ1) is 16.5. The molecule has 4 aromatic rings. The highest BCUT2D eigenvalue weighted by atomic mass is 16.3. The lowest BCUT2D eigenvalue weighted by Crippen LogP contribution is -2.15. The third-order valence-corrected chi connectivity index (χ3v) is 4.17. The van der Waals surface area contributed by atoms with Crippen molar-refractivity contribution in [2.24, 2.45) is 5.73 Å². The van der Waals surface area contributed by atoms with Crippen molar-refractivity contribution in [3.8, 4) is 22.8 Å². The molecule has 1 amide bonds. The van der Waals surface area contributed by atoms with Crippen molar-refractivity contribution in [3.63, 3.8) is 0 Å². The summed E-state index contributed by atoms with van der Waals surface area (Å²) in [5, 5.41) is 10.1. The lowest BCUT2D eigenvalue weighted by Gasteiger charge is -2.08. The normalized spacial score (nSPS) is 11.0. The highest BCUT2D eigenvalue weighted by molar-refractivity contribution is 6.02. The molecule has 0 fully saturated rings. The number of phenolic OH excluding ortho intramolecular Hbond substituents is 1. The third-order valence-electron chi connectivity index (χ3n) is 4.17. The number of carbonyl (C=O) groups excluding carboxylic acids is 1. The average Bonchev–Trinajstić information content (AvgIpc) is 2.96. The fourth-order valence-corrected chi connectivity index (χ4v) is 2.95. The molecule has 0 aliphatic rings. The highest BCUT2D eigenvalue weighted by Gasteiger charge is 2.21. The number of aromatic amines is 1. The molecular formula is C19H15N5O3. The van der Waals surface area contributed by atoms with Gasteiger partial charge in [-0.15, -0.1) is 0 Å². The molecule has 0 aliphatic carbocycles. The minimum absolute atomic E-state index is 0.0488. The van der Waals surface area contributed by atoms with E-state index >= 15 is 0 Å². The Kier molecular flexibility index (Phi) is 3.73. The number of phenols is 1. The van der Waals surface area contributed by atoms with Crippen molar-refractivity contribution >= 4 is 17.1 Å². The second kappa shape index (κ2) is 6.10. The molecule has 4 rings (SSSR count). The van der Waals surface area contributed by atoms with Crippen LogP contribution in [0.5, 0.6) is 5.75 Å². The number of hydrogen-bond donors (Lipinski definition) is 3. The summed E-state index contributed by atoms with van der Waals surface area (Å²) in [4.78, 5) is 35.7. The number of nitrogens with one attached hydrogen (secondary N) is 1. The predicted octanol–water partition coefficient (Wildman–Crippen LogP) is 1.89. The van der Waals surface area contributed by atoms with Gasteiger partial charge in [-0.05, 0) is 36.8 Å². The summed E-state index contributed by atoms with van der Waals surface area (Å²) in [6.45, 7) is 1.90. The molecule has 0 saturated carbocycles. The first-order valence-electron chi connectivity index (χ1n) is 8.13. The standard InChI is InChI=1S/C19H15N5O3/c1-10-5-4-6-11(9-10)24-18-15(22-19(24)27)14(16(20)26)21-17(23-18)12-7-2-3-8-13(12)25/h2-9,25H,1H3,(H2,20,26)(H,22,27). The molecule has 2 aromatic heterocycles. The fraction of sp³-hybridized carbons (Fsp3) is 0.0526. The number of fused-ring (bicyclic) bond motifs is 1. The Labute approximate surface area is 152 Å². The lowest BCUT2D eigenvalue weighted by atomic mass is 10.2. The maximum absolute atomic E-state index is 12.6. The molecule has 8 heteroatoms. The Bertz CT molecular complexity index is 1260. The molecule has 0 saturated heterocycles. The Morgan fingerprint density at radius 1 is 1.15 bits per heavy atom. The van der Waals surface area contributed by atoms with Crippen molar-refractivity contribution in [2.75, 3.05) is 0 Å². The third kappa shape index (κ3) is 2.73. The first-order chi connectivity index (χ1) is 13.0. The van der Waals surface area contributed by atoms with E-state index in [-0.39, 0.29) is 28.4 Å². The molecule has 0 unspecified atom stereocenters. The number of amides is 1. The van der Waals surface area contributed by atoms with Crippen LogP contribution < -0.4 is 11.4 Å². The molecule has 2 aromatic carbocycles. The zero-order chi connectivity index (χ0) is 19.1. The second-order valence-electron chi connectivity index (χ2n) is 6.08. The van der Waals surface area contributed by atoms with Crippen molar-refractivity contribution in [2.45, 2.75) is 6.92 Å². The van der Waals surface area contributed by atoms with E-state index in [1.165, 1.54) is 10.6 Å². The second-order valence-corrected chi connectivity index (χ2v) is 6.08. The summed E-state index contributed by atoms with van der Waals surface area (Å²) in [7, 11) is 0. The number of primary amides is 1. The molecule has 0 aliphatic heterocycles. The van der Waals surface area contributed by atoms with Crippen molar-refractivity contribution in [3.05, 3.63) is 70.3 Å². The van der Waals surface area contributed by atoms with Crippen LogP contribution in [0.3, 0.4) is 0 Å². The number of rotatable bonds is 3. The zero-order valence-electron chi connectivity index (χ0n) is 14.3. The van der Waals surface area contributed by atoms with Crippen LogP contribution >= 0.6 is 0 Å². The van der Waals surface area contributed by atoms with Gasteiger partial charge in [0.1, 0.15) is 11.3 Å². The Hall–Kier alpha value is -3.94. The smallest absolute Gasteiger partial charge is 0.332 e. The summed E-state index contributed by atoms with van der Waals surface area (Å²) in [6.07, 6.45) is 0. The van der Waals surface area contributed by atoms with Crippen LogP contribution in [-0.2, 0) is 0 Å². The Morgan fingerprint density at radius 3 is 2.63 bits per heavy atom. The van der Waals surface area contributed by atoms with E-state index in [0.717, 1.165) is 5.56 Å². The molecule has 0 radical (unpaired) electrons. The molecule has 2 heterocycles. The summed E-state index contributed by atoms with van der Waals surface area (Å²) in [5.74, 6) is -0.765. The minimum Gasteiger partial charge on any atom is -0.507 e. The first-order valence-corrected chi connectivity index (χ1v) is 8.13. The van der Waals surface area contributed by atoms with Crippen LogP contribution in [0.2, 0.25) is 0 Å². The molecule has 134 valence electrons. The van der Waals surface area contributed by atoms with Crippen LogP contribution in [0.15, 0.2) is 53.3 Å². The molecule has 0 atom stereocenters. The monoisotopic (exact) mass is 361 g/mol. The predicted molar refractivity (Wildman–Crippen MR) is 99.8 cm³/mol. The van der Waals surface area contributed by atoms with Crippen molar-refractivity contribution in [1.82, 2.24) is 19.5 Å². The number of imidazole rings is 1. The summed E-state index contributed by atoms with van der Waals surface area (Å²) >= 11 is 0. The maximum atomic E-state index is 12.6. The van der Waals surface area contributed by atoms with Gasteiger partial charge in [-0.1, -0.05) is 24.3 Å². The average molecular weight is 361 g/mol. The molecule has 0 bridgehead atoms. The summed E-state index contributed by atoms with van der Waals surface area (Å²) < 4.78 is 1.35. The van der Waals surface area contributed by atoms with E-state index in [2.05, 4.69) is 15.0 Å². The topological polar surface area (TPSA) is 127 Å². The lowest BCUT2D eigenvalue weighted by molar-refractivity contribution is 0.0997. The largest absolute Gasteiger partial charge is 0.507 e. The zero-order valence-corrected chi connectivity index (χ0v) is 14.3. The Balaban J connectivity index is 2.10. The van der Waals surface area contributed by atoms with Crippen LogP contribution in [0.4, 0.5) is 0 Å². The van der Waals surface area contributed by atoms with Crippen LogP contribution in [0.1, 0.15) is 16.1 Å². The van der Waals surface area contributed by atoms with Gasteiger partial charge in [-0.3, -0.25) is 4.79 Å². The molecular weight excluding hydrogens is 346 g/mol. The van der Waals surface area contributed by atoms with E-state index in [9.17, 15) is 14.7 Å². The quantitative estimate of drug-likeness (QED) is 0.513. The van der Waals surface area contributed by atoms with E-state index in [1.54, 1.807) is 24.3 Å². The summed E-state index contributed by atoms with van der Waals surface area (Å²) in [6, 6.07) is 13.8. The van der Waals surface area contributed by atoms with Crippen LogP contribution in [0.25, 0.3) is 28.2 Å². The molecule has 4 N–H and O–H groups in total. The highest BCUT2D eigenvalue weighted by Crippen LogP contribution is 2.28. The number of nitrogens with zero attached hydrogens (tertiary/aromatic N) is 3. The molecule has 0 spiro atoms. The van der Waals surface area contributed by atoms with Gasteiger partial charge in [0.25, 0.3) is 5.91 Å². The van der Waals surface area contributed by atoms with E-state index in [0.29, 0.717) is 11.3 Å². The van der Waals surface area contributed by atoms with Crippen molar-refractivity contribution < 1.29 is 9.90 Å². The number of hydrogen-bond acceptors (Lipinski definition) is 5. The number of nitrogens with two attached hydrogens (primary N) is 1. The SMILES string of the molecule is Cc1cccc(-n2c(=O)[nH]c3c(C(N)=O)nc(-c4ccccc4O)nc32)c1. The van der Waals surface area contributed by atoms with Gasteiger partial charge in [0, 0.05) is 0 Å². The van der Waals surface area contributed by atoms with E-state index in [4.69, 9.17) is 5.73 Å². The number of benzene rings is 2. The maximum Gasteiger partial charge on any atom is 0.332 e. The van der Waals surface area contributed by atoms with Gasteiger partial charge >= 0.3 is 5.69 Å². The molecule has 27 heavy (non-hydrogen) atoms. The van der Waals surface area contributed by atoms with E-state index < -0.39 is 11.6 Å². The number of aromatic nitrogens is 4. The minimum atomic E-state index is -0.809. The van der Waals surface area contributed by atoms with Gasteiger partial charge in [-0.2, -0.15) is 0 Å². The van der Waals surface area contributed by atoms with Gasteiger partial charge in [0.05, 0.1) is 11.3 Å². The molecule has 8 nitrogen and oxygen atoms in total. The van der Waals surface area contributed by atoms with Gasteiger partial charge in [0.2, 0.25) is 0 Å². The van der Waals surface area contributed by atoms with E-state index in [1.807, 2.05) is 25.1 Å².